The predicted octanol–water partition coefficient (Wildman–Crippen LogP) is 6.63. The zero-order valence-electron chi connectivity index (χ0n) is 24.1. The predicted molar refractivity (Wildman–Crippen MR) is 163 cm³/mol. The largest absolute Gasteiger partial charge is 0.507 e. The van der Waals surface area contributed by atoms with Crippen LogP contribution in [-0.4, -0.2) is 34.5 Å². The van der Waals surface area contributed by atoms with E-state index in [4.69, 9.17) is 15.2 Å². The molecule has 0 unspecified atom stereocenters. The first-order valence-corrected chi connectivity index (χ1v) is 14.4. The quantitative estimate of drug-likeness (QED) is 0.129. The zero-order valence-corrected chi connectivity index (χ0v) is 24.1. The van der Waals surface area contributed by atoms with Crippen molar-refractivity contribution >= 4 is 11.7 Å². The van der Waals surface area contributed by atoms with Gasteiger partial charge < -0.3 is 30.5 Å². The smallest absolute Gasteiger partial charge is 0.335 e. The van der Waals surface area contributed by atoms with E-state index in [2.05, 4.69) is 0 Å². The van der Waals surface area contributed by atoms with E-state index in [-0.39, 0.29) is 29.9 Å². The number of ether oxygens (including phenoxy) is 2. The monoisotopic (exact) mass is 567 g/mol. The molecule has 0 atom stereocenters. The van der Waals surface area contributed by atoms with Crippen LogP contribution in [0.2, 0.25) is 0 Å². The summed E-state index contributed by atoms with van der Waals surface area (Å²) >= 11 is 0. The van der Waals surface area contributed by atoms with E-state index in [1.165, 1.54) is 12.1 Å². The number of phenolic OH excluding ortho intramolecular Hbond substituents is 2. The number of aromatic carboxylic acids is 1. The Bertz CT molecular complexity index is 1520. The molecule has 1 aliphatic carbocycles. The molecule has 0 radical (unpaired) electrons. The SMILES string of the molecule is CCCOc1c2cccc1Cc1cc(C(=O)O)cc(c1O)Cc1cccc(c1OCCC)Cc1cc(N)cc(c1O)C2. The molecule has 0 spiro atoms. The molecule has 42 heavy (non-hydrogen) atoms. The van der Waals surface area contributed by atoms with Crippen molar-refractivity contribution in [3.8, 4) is 23.0 Å². The maximum absolute atomic E-state index is 12.2. The summed E-state index contributed by atoms with van der Waals surface area (Å²) in [6.07, 6.45) is 2.88. The summed E-state index contributed by atoms with van der Waals surface area (Å²) in [7, 11) is 0. The van der Waals surface area contributed by atoms with Crippen molar-refractivity contribution < 1.29 is 29.6 Å². The van der Waals surface area contributed by atoms with Crippen molar-refractivity contribution in [2.24, 2.45) is 0 Å². The van der Waals surface area contributed by atoms with Gasteiger partial charge in [0.15, 0.2) is 0 Å². The number of carboxylic acids is 1. The number of nitrogen functional groups attached to an aromatic ring is 1. The van der Waals surface area contributed by atoms with Gasteiger partial charge in [-0.3, -0.25) is 0 Å². The first kappa shape index (κ1) is 28.9. The van der Waals surface area contributed by atoms with Crippen molar-refractivity contribution in [2.75, 3.05) is 18.9 Å². The Morgan fingerprint density at radius 3 is 1.36 bits per heavy atom. The Hall–Kier alpha value is -4.65. The number of nitrogens with two attached hydrogens (primary N) is 1. The highest BCUT2D eigenvalue weighted by atomic mass is 16.5. The van der Waals surface area contributed by atoms with Gasteiger partial charge >= 0.3 is 5.97 Å². The van der Waals surface area contributed by atoms with E-state index in [0.29, 0.717) is 65.5 Å². The third kappa shape index (κ3) is 6.00. The second-order valence-electron chi connectivity index (χ2n) is 10.9. The van der Waals surface area contributed by atoms with Crippen molar-refractivity contribution in [3.63, 3.8) is 0 Å². The summed E-state index contributed by atoms with van der Waals surface area (Å²) in [5.74, 6) is 0.505. The molecule has 5 N–H and O–H groups in total. The van der Waals surface area contributed by atoms with Crippen LogP contribution >= 0.6 is 0 Å². The summed E-state index contributed by atoms with van der Waals surface area (Å²) < 4.78 is 12.5. The standard InChI is InChI=1S/C35H37NO6/c1-3-11-41-33-21-7-5-9-23(33)15-27-19-30(36)20-28(32(27)38)16-24-10-6-8-22(34(24)42-12-4-2)14-26-18-29(35(39)40)17-25(13-21)31(26)37/h5-10,17-20,37-38H,3-4,11-16,36H2,1-2H3,(H,39,40). The van der Waals surface area contributed by atoms with Gasteiger partial charge in [0.25, 0.3) is 0 Å². The van der Waals surface area contributed by atoms with Gasteiger partial charge in [0, 0.05) is 42.5 Å². The molecule has 4 aromatic rings. The molecular formula is C35H37NO6. The first-order valence-electron chi connectivity index (χ1n) is 14.4. The summed E-state index contributed by atoms with van der Waals surface area (Å²) in [5, 5.41) is 32.9. The highest BCUT2D eigenvalue weighted by Crippen LogP contribution is 2.39. The maximum Gasteiger partial charge on any atom is 0.335 e. The Morgan fingerprint density at radius 2 is 1.02 bits per heavy atom. The van der Waals surface area contributed by atoms with Crippen LogP contribution in [0.4, 0.5) is 5.69 Å². The highest BCUT2D eigenvalue weighted by Gasteiger charge is 2.22. The summed E-state index contributed by atoms with van der Waals surface area (Å²) in [5.41, 5.74) is 12.7. The number of rotatable bonds is 7. The lowest BCUT2D eigenvalue weighted by Crippen LogP contribution is -2.08. The normalized spacial score (nSPS) is 12.5. The van der Waals surface area contributed by atoms with Crippen LogP contribution in [0.15, 0.2) is 60.7 Å². The molecule has 1 aliphatic rings. The fraction of sp³-hybridized carbons (Fsp3) is 0.286. The van der Waals surface area contributed by atoms with Gasteiger partial charge in [-0.1, -0.05) is 50.2 Å². The molecule has 4 aromatic carbocycles. The molecule has 5 rings (SSSR count). The van der Waals surface area contributed by atoms with Crippen LogP contribution in [0.1, 0.15) is 81.6 Å². The topological polar surface area (TPSA) is 122 Å². The molecular weight excluding hydrogens is 530 g/mol. The zero-order chi connectivity index (χ0) is 29.8. The number of aromatic hydroxyl groups is 2. The van der Waals surface area contributed by atoms with Crippen LogP contribution < -0.4 is 15.2 Å². The lowest BCUT2D eigenvalue weighted by Gasteiger charge is -2.21. The molecule has 7 nitrogen and oxygen atoms in total. The van der Waals surface area contributed by atoms with Gasteiger partial charge in [-0.25, -0.2) is 4.79 Å². The number of anilines is 1. The minimum atomic E-state index is -1.06. The van der Waals surface area contributed by atoms with Crippen LogP contribution in [0.25, 0.3) is 0 Å². The average molecular weight is 568 g/mol. The third-order valence-electron chi connectivity index (χ3n) is 7.59. The summed E-state index contributed by atoms with van der Waals surface area (Å²) in [6, 6.07) is 18.2. The van der Waals surface area contributed by atoms with Crippen LogP contribution in [-0.2, 0) is 25.7 Å². The number of phenols is 2. The van der Waals surface area contributed by atoms with Crippen molar-refractivity contribution in [1.82, 2.24) is 0 Å². The van der Waals surface area contributed by atoms with Gasteiger partial charge in [-0.15, -0.1) is 0 Å². The molecule has 0 saturated heterocycles. The van der Waals surface area contributed by atoms with E-state index in [9.17, 15) is 20.1 Å². The molecule has 8 bridgehead atoms. The summed E-state index contributed by atoms with van der Waals surface area (Å²) in [6.45, 7) is 5.02. The number of hydrogen-bond acceptors (Lipinski definition) is 6. The average Bonchev–Trinajstić information content (AvgIpc) is 2.96. The fourth-order valence-corrected chi connectivity index (χ4v) is 5.64. The lowest BCUT2D eigenvalue weighted by molar-refractivity contribution is 0.0696. The maximum atomic E-state index is 12.2. The van der Waals surface area contributed by atoms with E-state index >= 15 is 0 Å². The van der Waals surface area contributed by atoms with Gasteiger partial charge in [-0.2, -0.15) is 0 Å². The van der Waals surface area contributed by atoms with Crippen LogP contribution in [0.3, 0.4) is 0 Å². The number of carboxylic acid groups (broad SMARTS) is 1. The van der Waals surface area contributed by atoms with Crippen LogP contribution in [0, 0.1) is 0 Å². The Kier molecular flexibility index (Phi) is 8.57. The molecule has 0 aliphatic heterocycles. The van der Waals surface area contributed by atoms with Crippen molar-refractivity contribution in [1.29, 1.82) is 0 Å². The second-order valence-corrected chi connectivity index (χ2v) is 10.9. The Labute approximate surface area is 246 Å². The first-order chi connectivity index (χ1) is 20.3. The molecule has 0 aromatic heterocycles. The van der Waals surface area contributed by atoms with E-state index in [1.807, 2.05) is 50.2 Å². The molecule has 0 heterocycles. The van der Waals surface area contributed by atoms with Gasteiger partial charge in [0.1, 0.15) is 23.0 Å². The molecule has 0 fully saturated rings. The fourth-order valence-electron chi connectivity index (χ4n) is 5.64. The lowest BCUT2D eigenvalue weighted by atomic mass is 9.90. The van der Waals surface area contributed by atoms with Gasteiger partial charge in [-0.05, 0) is 70.5 Å². The van der Waals surface area contributed by atoms with E-state index in [0.717, 1.165) is 35.1 Å². The summed E-state index contributed by atoms with van der Waals surface area (Å²) in [4.78, 5) is 12.2. The van der Waals surface area contributed by atoms with E-state index in [1.54, 1.807) is 12.1 Å². The number of benzene rings is 4. The number of hydrogen-bond donors (Lipinski definition) is 4. The third-order valence-corrected chi connectivity index (χ3v) is 7.59. The molecule has 0 amide bonds. The highest BCUT2D eigenvalue weighted by molar-refractivity contribution is 5.88. The van der Waals surface area contributed by atoms with Gasteiger partial charge in [0.05, 0.1) is 18.8 Å². The Balaban J connectivity index is 1.77. The molecule has 7 heteroatoms. The van der Waals surface area contributed by atoms with Crippen LogP contribution in [0.5, 0.6) is 23.0 Å². The Morgan fingerprint density at radius 1 is 0.667 bits per heavy atom. The number of para-hydroxylation sites is 2. The van der Waals surface area contributed by atoms with Crippen molar-refractivity contribution in [3.05, 3.63) is 111 Å². The van der Waals surface area contributed by atoms with Gasteiger partial charge in [0.2, 0.25) is 0 Å². The van der Waals surface area contributed by atoms with E-state index < -0.39 is 5.97 Å². The number of fused-ring (bicyclic) bond motifs is 8. The van der Waals surface area contributed by atoms with Crippen molar-refractivity contribution in [2.45, 2.75) is 52.4 Å². The molecule has 218 valence electrons. The second kappa shape index (κ2) is 12.5. The minimum Gasteiger partial charge on any atom is -0.507 e. The minimum absolute atomic E-state index is 0.0569. The molecule has 0 saturated carbocycles. The number of carbonyl (C=O) groups is 1.